The molecule has 0 bridgehead atoms. The van der Waals surface area contributed by atoms with Crippen LogP contribution in [-0.2, 0) is 6.54 Å². The van der Waals surface area contributed by atoms with Gasteiger partial charge in [-0.3, -0.25) is 10.5 Å². The number of hydrogen-bond acceptors (Lipinski definition) is 5. The maximum Gasteiger partial charge on any atom is 0.133 e. The second-order valence-electron chi connectivity index (χ2n) is 5.04. The van der Waals surface area contributed by atoms with Crippen LogP contribution in [0.5, 0.6) is 5.75 Å². The Kier molecular flexibility index (Phi) is 4.48. The molecule has 6 heteroatoms. The van der Waals surface area contributed by atoms with Crippen molar-refractivity contribution >= 4 is 11.8 Å². The summed E-state index contributed by atoms with van der Waals surface area (Å²) in [4.78, 5) is 1.19. The highest BCUT2D eigenvalue weighted by Gasteiger charge is 2.30. The molecule has 21 heavy (non-hydrogen) atoms. The number of aryl methyl sites for hydroxylation is 1. The van der Waals surface area contributed by atoms with Gasteiger partial charge in [0.05, 0.1) is 5.69 Å². The van der Waals surface area contributed by atoms with Gasteiger partial charge in [0.15, 0.2) is 0 Å². The molecule has 1 aliphatic rings. The summed E-state index contributed by atoms with van der Waals surface area (Å²) in [6, 6.07) is 10.1. The van der Waals surface area contributed by atoms with Crippen molar-refractivity contribution in [1.82, 2.24) is 15.2 Å². The molecule has 2 aromatic rings. The Hall–Kier alpha value is -1.50. The van der Waals surface area contributed by atoms with E-state index in [4.69, 9.17) is 10.6 Å². The van der Waals surface area contributed by atoms with Crippen molar-refractivity contribution in [1.29, 1.82) is 0 Å². The van der Waals surface area contributed by atoms with Crippen molar-refractivity contribution in [3.63, 3.8) is 0 Å². The molecule has 0 saturated heterocycles. The second kappa shape index (κ2) is 6.51. The van der Waals surface area contributed by atoms with Crippen LogP contribution in [0.4, 0.5) is 0 Å². The maximum atomic E-state index is 6.14. The van der Waals surface area contributed by atoms with Crippen LogP contribution in [0.25, 0.3) is 0 Å². The molecule has 0 radical (unpaired) electrons. The van der Waals surface area contributed by atoms with Gasteiger partial charge in [-0.05, 0) is 24.6 Å². The zero-order chi connectivity index (χ0) is 14.7. The predicted octanol–water partition coefficient (Wildman–Crippen LogP) is 2.35. The normalized spacial score (nSPS) is 18.9. The first kappa shape index (κ1) is 14.4. The van der Waals surface area contributed by atoms with Gasteiger partial charge in [-0.25, -0.2) is 5.43 Å². The van der Waals surface area contributed by atoms with Gasteiger partial charge in [0, 0.05) is 23.4 Å². The second-order valence-corrected chi connectivity index (χ2v) is 6.10. The lowest BCUT2D eigenvalue weighted by molar-refractivity contribution is 0.161. The fourth-order valence-corrected chi connectivity index (χ4v) is 3.63. The van der Waals surface area contributed by atoms with E-state index in [0.717, 1.165) is 30.2 Å². The van der Waals surface area contributed by atoms with E-state index < -0.39 is 0 Å². The molecule has 0 amide bonds. The highest BCUT2D eigenvalue weighted by Crippen LogP contribution is 2.38. The number of nitrogens with one attached hydrogen (secondary N) is 1. The number of benzene rings is 1. The molecule has 0 spiro atoms. The van der Waals surface area contributed by atoms with E-state index in [0.29, 0.717) is 0 Å². The Morgan fingerprint density at radius 2 is 2.33 bits per heavy atom. The molecule has 1 aliphatic heterocycles. The molecule has 112 valence electrons. The zero-order valence-electron chi connectivity index (χ0n) is 12.0. The van der Waals surface area contributed by atoms with Crippen molar-refractivity contribution < 1.29 is 4.74 Å². The number of hydrazine groups is 1. The Morgan fingerprint density at radius 1 is 1.48 bits per heavy atom. The molecule has 2 heterocycles. The minimum Gasteiger partial charge on any atom is -0.486 e. The average Bonchev–Trinajstić information content (AvgIpc) is 2.97. The van der Waals surface area contributed by atoms with Crippen molar-refractivity contribution in [2.24, 2.45) is 5.84 Å². The molecule has 1 aromatic heterocycles. The molecule has 0 fully saturated rings. The Bertz CT molecular complexity index is 601. The van der Waals surface area contributed by atoms with Gasteiger partial charge in [0.2, 0.25) is 0 Å². The molecule has 0 saturated carbocycles. The summed E-state index contributed by atoms with van der Waals surface area (Å²) in [6.07, 6.45) is 2.84. The van der Waals surface area contributed by atoms with Crippen LogP contribution in [0, 0.1) is 0 Å². The number of thioether (sulfide) groups is 1. The number of nitrogens with two attached hydrogens (primary N) is 1. The number of aromatic nitrogens is 2. The van der Waals surface area contributed by atoms with Crippen molar-refractivity contribution in [3.05, 3.63) is 42.2 Å². The monoisotopic (exact) mass is 304 g/mol. The number of ether oxygens (including phenoxy) is 1. The minimum atomic E-state index is -0.0695. The quantitative estimate of drug-likeness (QED) is 0.656. The highest BCUT2D eigenvalue weighted by atomic mass is 32.2. The fraction of sp³-hybridized carbons (Fsp3) is 0.400. The van der Waals surface area contributed by atoms with Gasteiger partial charge in [0.1, 0.15) is 17.9 Å². The van der Waals surface area contributed by atoms with Gasteiger partial charge < -0.3 is 4.74 Å². The lowest BCUT2D eigenvalue weighted by Gasteiger charge is -2.31. The standard InChI is InChI=1S/C15H20N4OS/c1-2-9-19-11(7-8-17-19)15(18-16)13-10-21-14-6-4-3-5-12(14)20-13/h3-8,13,15,18H,2,9-10,16H2,1H3. The van der Waals surface area contributed by atoms with Crippen LogP contribution in [-0.4, -0.2) is 21.6 Å². The van der Waals surface area contributed by atoms with Crippen LogP contribution < -0.4 is 16.0 Å². The SMILES string of the molecule is CCCn1nccc1C(NN)C1CSc2ccccc2O1. The summed E-state index contributed by atoms with van der Waals surface area (Å²) in [7, 11) is 0. The molecule has 1 aromatic carbocycles. The molecular weight excluding hydrogens is 284 g/mol. The lowest BCUT2D eigenvalue weighted by atomic mass is 10.1. The number of hydrogen-bond donors (Lipinski definition) is 2. The van der Waals surface area contributed by atoms with Crippen molar-refractivity contribution in [3.8, 4) is 5.75 Å². The summed E-state index contributed by atoms with van der Waals surface area (Å²) >= 11 is 1.81. The van der Waals surface area contributed by atoms with Gasteiger partial charge >= 0.3 is 0 Å². The molecule has 3 rings (SSSR count). The van der Waals surface area contributed by atoms with Gasteiger partial charge in [0.25, 0.3) is 0 Å². The lowest BCUT2D eigenvalue weighted by Crippen LogP contribution is -2.43. The van der Waals surface area contributed by atoms with E-state index in [-0.39, 0.29) is 12.1 Å². The first-order valence-electron chi connectivity index (χ1n) is 7.19. The molecule has 2 atom stereocenters. The van der Waals surface area contributed by atoms with Crippen molar-refractivity contribution in [2.75, 3.05) is 5.75 Å². The van der Waals surface area contributed by atoms with E-state index in [1.54, 1.807) is 11.8 Å². The van der Waals surface area contributed by atoms with E-state index in [9.17, 15) is 0 Å². The first-order chi connectivity index (χ1) is 10.3. The third-order valence-corrected chi connectivity index (χ3v) is 4.73. The van der Waals surface area contributed by atoms with Gasteiger partial charge in [-0.2, -0.15) is 5.10 Å². The Balaban J connectivity index is 1.83. The number of nitrogens with zero attached hydrogens (tertiary/aromatic N) is 2. The van der Waals surface area contributed by atoms with Crippen LogP contribution in [0.2, 0.25) is 0 Å². The van der Waals surface area contributed by atoms with E-state index in [1.807, 2.05) is 35.1 Å². The Morgan fingerprint density at radius 3 is 3.14 bits per heavy atom. The molecule has 3 N–H and O–H groups in total. The largest absolute Gasteiger partial charge is 0.486 e. The number of para-hydroxylation sites is 1. The smallest absolute Gasteiger partial charge is 0.133 e. The van der Waals surface area contributed by atoms with Crippen LogP contribution >= 0.6 is 11.8 Å². The summed E-state index contributed by atoms with van der Waals surface area (Å²) in [6.45, 7) is 3.02. The predicted molar refractivity (Wildman–Crippen MR) is 84.2 cm³/mol. The summed E-state index contributed by atoms with van der Waals surface area (Å²) < 4.78 is 8.14. The highest BCUT2D eigenvalue weighted by molar-refractivity contribution is 7.99. The van der Waals surface area contributed by atoms with Crippen LogP contribution in [0.15, 0.2) is 41.4 Å². The summed E-state index contributed by atoms with van der Waals surface area (Å²) in [5.41, 5.74) is 3.98. The average molecular weight is 304 g/mol. The summed E-state index contributed by atoms with van der Waals surface area (Å²) in [5.74, 6) is 7.59. The van der Waals surface area contributed by atoms with Gasteiger partial charge in [-0.15, -0.1) is 11.8 Å². The van der Waals surface area contributed by atoms with Crippen LogP contribution in [0.1, 0.15) is 25.1 Å². The molecular formula is C15H20N4OS. The zero-order valence-corrected chi connectivity index (χ0v) is 12.8. The fourth-order valence-electron chi connectivity index (χ4n) is 2.59. The maximum absolute atomic E-state index is 6.14. The molecule has 2 unspecified atom stereocenters. The van der Waals surface area contributed by atoms with Crippen molar-refractivity contribution in [2.45, 2.75) is 36.9 Å². The topological polar surface area (TPSA) is 65.1 Å². The first-order valence-corrected chi connectivity index (χ1v) is 8.18. The van der Waals surface area contributed by atoms with Gasteiger partial charge in [-0.1, -0.05) is 19.1 Å². The third kappa shape index (κ3) is 2.92. The number of fused-ring (bicyclic) bond motifs is 1. The summed E-state index contributed by atoms with van der Waals surface area (Å²) in [5, 5.41) is 4.37. The van der Waals surface area contributed by atoms with E-state index in [2.05, 4.69) is 23.5 Å². The minimum absolute atomic E-state index is 0.0118. The van der Waals surface area contributed by atoms with E-state index in [1.165, 1.54) is 4.90 Å². The van der Waals surface area contributed by atoms with E-state index >= 15 is 0 Å². The molecule has 5 nitrogen and oxygen atoms in total. The third-order valence-electron chi connectivity index (χ3n) is 3.59. The number of rotatable bonds is 5. The Labute approximate surface area is 128 Å². The van der Waals surface area contributed by atoms with Crippen LogP contribution in [0.3, 0.4) is 0 Å². The molecule has 0 aliphatic carbocycles.